The Kier molecular flexibility index (Phi) is 4.16. The maximum atomic E-state index is 12.7. The molecule has 0 aliphatic carbocycles. The molecule has 1 amide bonds. The van der Waals surface area contributed by atoms with Crippen LogP contribution in [0.4, 0.5) is 0 Å². The van der Waals surface area contributed by atoms with Crippen LogP contribution in [0, 0.1) is 0 Å². The summed E-state index contributed by atoms with van der Waals surface area (Å²) in [6.45, 7) is 1.60. The van der Waals surface area contributed by atoms with E-state index in [0.717, 1.165) is 46.3 Å². The van der Waals surface area contributed by atoms with Crippen molar-refractivity contribution in [3.05, 3.63) is 45.6 Å². The molecule has 2 aliphatic heterocycles. The van der Waals surface area contributed by atoms with E-state index in [2.05, 4.69) is 0 Å². The lowest BCUT2D eigenvalue weighted by Gasteiger charge is -2.16. The van der Waals surface area contributed by atoms with Crippen molar-refractivity contribution in [2.75, 3.05) is 20.4 Å². The van der Waals surface area contributed by atoms with Gasteiger partial charge in [-0.2, -0.15) is 0 Å². The first-order valence-electron chi connectivity index (χ1n) is 8.06. The van der Waals surface area contributed by atoms with Crippen LogP contribution in [0.15, 0.2) is 30.3 Å². The van der Waals surface area contributed by atoms with Gasteiger partial charge in [-0.3, -0.25) is 4.79 Å². The molecule has 0 unspecified atom stereocenters. The molecule has 4 rings (SSSR count). The number of carbonyl (C=O) groups is 1. The Morgan fingerprint density at radius 3 is 2.96 bits per heavy atom. The number of thiophene rings is 1. The summed E-state index contributed by atoms with van der Waals surface area (Å²) in [7, 11) is 1.82. The molecule has 3 heterocycles. The third-order valence-electron chi connectivity index (χ3n) is 4.29. The molecule has 2 aromatic rings. The van der Waals surface area contributed by atoms with Crippen LogP contribution in [-0.4, -0.2) is 31.3 Å². The number of ether oxygens (including phenoxy) is 3. The van der Waals surface area contributed by atoms with Crippen LogP contribution in [-0.2, 0) is 11.3 Å². The van der Waals surface area contributed by atoms with Gasteiger partial charge in [0.2, 0.25) is 6.79 Å². The lowest BCUT2D eigenvalue weighted by Crippen LogP contribution is -2.25. The fourth-order valence-corrected chi connectivity index (χ4v) is 4.10. The Balaban J connectivity index is 1.44. The van der Waals surface area contributed by atoms with Gasteiger partial charge in [-0.25, -0.2) is 0 Å². The largest absolute Gasteiger partial charge is 0.454 e. The monoisotopic (exact) mass is 345 g/mol. The minimum Gasteiger partial charge on any atom is -0.454 e. The SMILES string of the molecule is CN(Cc1ccc2c(c1)OCO2)C(=O)c1ccc([C@@H]2CCCO2)s1. The van der Waals surface area contributed by atoms with E-state index in [-0.39, 0.29) is 18.8 Å². The quantitative estimate of drug-likeness (QED) is 0.849. The molecule has 1 aromatic heterocycles. The molecule has 1 fully saturated rings. The van der Waals surface area contributed by atoms with E-state index in [9.17, 15) is 4.79 Å². The maximum Gasteiger partial charge on any atom is 0.263 e. The van der Waals surface area contributed by atoms with Gasteiger partial charge in [-0.05, 0) is 42.7 Å². The summed E-state index contributed by atoms with van der Waals surface area (Å²) in [5, 5.41) is 0. The van der Waals surface area contributed by atoms with Crippen molar-refractivity contribution in [2.24, 2.45) is 0 Å². The molecule has 0 saturated carbocycles. The second kappa shape index (κ2) is 6.45. The first-order chi connectivity index (χ1) is 11.7. The molecule has 6 heteroatoms. The molecule has 0 spiro atoms. The zero-order valence-electron chi connectivity index (χ0n) is 13.5. The number of rotatable bonds is 4. The lowest BCUT2D eigenvalue weighted by molar-refractivity contribution is 0.0789. The molecule has 1 aromatic carbocycles. The number of hydrogen-bond donors (Lipinski definition) is 0. The molecule has 5 nitrogen and oxygen atoms in total. The van der Waals surface area contributed by atoms with Gasteiger partial charge >= 0.3 is 0 Å². The highest BCUT2D eigenvalue weighted by atomic mass is 32.1. The van der Waals surface area contributed by atoms with Gasteiger partial charge in [-0.15, -0.1) is 11.3 Å². The summed E-state index contributed by atoms with van der Waals surface area (Å²) in [5.74, 6) is 1.53. The summed E-state index contributed by atoms with van der Waals surface area (Å²) < 4.78 is 16.4. The molecule has 24 heavy (non-hydrogen) atoms. The van der Waals surface area contributed by atoms with Crippen molar-refractivity contribution in [1.29, 1.82) is 0 Å². The van der Waals surface area contributed by atoms with Crippen molar-refractivity contribution in [3.8, 4) is 11.5 Å². The van der Waals surface area contributed by atoms with Crippen molar-refractivity contribution in [1.82, 2.24) is 4.90 Å². The van der Waals surface area contributed by atoms with Crippen LogP contribution in [0.5, 0.6) is 11.5 Å². The molecular formula is C18H19NO4S. The van der Waals surface area contributed by atoms with Crippen LogP contribution < -0.4 is 9.47 Å². The van der Waals surface area contributed by atoms with Crippen molar-refractivity contribution < 1.29 is 19.0 Å². The van der Waals surface area contributed by atoms with Crippen molar-refractivity contribution in [2.45, 2.75) is 25.5 Å². The van der Waals surface area contributed by atoms with Crippen molar-refractivity contribution >= 4 is 17.2 Å². The molecule has 1 atom stereocenters. The third kappa shape index (κ3) is 2.99. The predicted octanol–water partition coefficient (Wildman–Crippen LogP) is 3.60. The zero-order valence-corrected chi connectivity index (χ0v) is 14.3. The van der Waals surface area contributed by atoms with E-state index >= 15 is 0 Å². The number of nitrogens with zero attached hydrogens (tertiary/aromatic N) is 1. The smallest absolute Gasteiger partial charge is 0.263 e. The Labute approximate surface area is 144 Å². The first-order valence-corrected chi connectivity index (χ1v) is 8.88. The van der Waals surface area contributed by atoms with Gasteiger partial charge in [0.1, 0.15) is 0 Å². The average molecular weight is 345 g/mol. The predicted molar refractivity (Wildman–Crippen MR) is 90.6 cm³/mol. The summed E-state index contributed by atoms with van der Waals surface area (Å²) in [6.07, 6.45) is 2.30. The molecule has 0 bridgehead atoms. The van der Waals surface area contributed by atoms with E-state index in [1.165, 1.54) is 11.3 Å². The molecule has 126 valence electrons. The summed E-state index contributed by atoms with van der Waals surface area (Å²) in [5.41, 5.74) is 1.02. The second-order valence-electron chi connectivity index (χ2n) is 6.05. The minimum atomic E-state index is 0.0295. The van der Waals surface area contributed by atoms with Crippen LogP contribution in [0.3, 0.4) is 0 Å². The van der Waals surface area contributed by atoms with Gasteiger partial charge in [0.25, 0.3) is 5.91 Å². The normalized spacial score (nSPS) is 18.8. The summed E-state index contributed by atoms with van der Waals surface area (Å²) in [4.78, 5) is 16.3. The van der Waals surface area contributed by atoms with Gasteiger partial charge in [0.15, 0.2) is 11.5 Å². The minimum absolute atomic E-state index is 0.0295. The molecule has 2 aliphatic rings. The Morgan fingerprint density at radius 1 is 1.25 bits per heavy atom. The fourth-order valence-electron chi connectivity index (χ4n) is 3.02. The highest BCUT2D eigenvalue weighted by Gasteiger charge is 2.22. The highest BCUT2D eigenvalue weighted by molar-refractivity contribution is 7.14. The average Bonchev–Trinajstić information content (AvgIpc) is 3.32. The number of fused-ring (bicyclic) bond motifs is 1. The van der Waals surface area contributed by atoms with Crippen LogP contribution in [0.2, 0.25) is 0 Å². The summed E-state index contributed by atoms with van der Waals surface area (Å²) in [6, 6.07) is 9.70. The topological polar surface area (TPSA) is 48.0 Å². The molecule has 1 saturated heterocycles. The van der Waals surface area contributed by atoms with Crippen LogP contribution >= 0.6 is 11.3 Å². The van der Waals surface area contributed by atoms with Gasteiger partial charge in [0.05, 0.1) is 11.0 Å². The maximum absolute atomic E-state index is 12.7. The van der Waals surface area contributed by atoms with E-state index in [4.69, 9.17) is 14.2 Å². The van der Waals surface area contributed by atoms with E-state index < -0.39 is 0 Å². The number of benzene rings is 1. The number of amides is 1. The highest BCUT2D eigenvalue weighted by Crippen LogP contribution is 2.34. The summed E-state index contributed by atoms with van der Waals surface area (Å²) >= 11 is 1.54. The Morgan fingerprint density at radius 2 is 2.12 bits per heavy atom. The van der Waals surface area contributed by atoms with Gasteiger partial charge in [-0.1, -0.05) is 6.07 Å². The number of hydrogen-bond acceptors (Lipinski definition) is 5. The Bertz CT molecular complexity index is 751. The van der Waals surface area contributed by atoms with E-state index in [0.29, 0.717) is 6.54 Å². The lowest BCUT2D eigenvalue weighted by atomic mass is 10.2. The molecular weight excluding hydrogens is 326 g/mol. The molecule has 0 N–H and O–H groups in total. The fraction of sp³-hybridized carbons (Fsp3) is 0.389. The van der Waals surface area contributed by atoms with Crippen LogP contribution in [0.25, 0.3) is 0 Å². The Hall–Kier alpha value is -2.05. The van der Waals surface area contributed by atoms with Gasteiger partial charge in [0, 0.05) is 25.1 Å². The van der Waals surface area contributed by atoms with Gasteiger partial charge < -0.3 is 19.1 Å². The zero-order chi connectivity index (χ0) is 16.5. The van der Waals surface area contributed by atoms with E-state index in [1.807, 2.05) is 37.4 Å². The first kappa shape index (κ1) is 15.5. The third-order valence-corrected chi connectivity index (χ3v) is 5.45. The van der Waals surface area contributed by atoms with Crippen molar-refractivity contribution in [3.63, 3.8) is 0 Å². The van der Waals surface area contributed by atoms with E-state index in [1.54, 1.807) is 4.90 Å². The van der Waals surface area contributed by atoms with Crippen LogP contribution in [0.1, 0.15) is 39.1 Å². The second-order valence-corrected chi connectivity index (χ2v) is 7.17. The standard InChI is InChI=1S/C18H19NO4S/c1-19(10-12-4-5-13-15(9-12)23-11-22-13)18(20)17-7-6-16(24-17)14-3-2-8-21-14/h4-7,9,14H,2-3,8,10-11H2,1H3/t14-/m0/s1. The number of carbonyl (C=O) groups excluding carboxylic acids is 1. The molecule has 0 radical (unpaired) electrons.